The van der Waals surface area contributed by atoms with Crippen LogP contribution in [0.5, 0.6) is 0 Å². The average Bonchev–Trinajstić information content (AvgIpc) is 2.69. The zero-order valence-electron chi connectivity index (χ0n) is 15.8. The Hall–Kier alpha value is -2.39. The van der Waals surface area contributed by atoms with Gasteiger partial charge in [0.2, 0.25) is 5.91 Å². The van der Waals surface area contributed by atoms with E-state index in [4.69, 9.17) is 0 Å². The van der Waals surface area contributed by atoms with Crippen molar-refractivity contribution < 1.29 is 4.79 Å². The van der Waals surface area contributed by atoms with Gasteiger partial charge in [0, 0.05) is 18.8 Å². The SMILES string of the molecule is CCc1cccc(NC(=O)CN2CC=C(c3ccccc3)CC2)c1CC. The van der Waals surface area contributed by atoms with Crippen LogP contribution < -0.4 is 5.32 Å². The van der Waals surface area contributed by atoms with E-state index in [0.29, 0.717) is 6.54 Å². The van der Waals surface area contributed by atoms with Crippen LogP contribution in [0.25, 0.3) is 5.57 Å². The molecule has 3 nitrogen and oxygen atoms in total. The Labute approximate surface area is 156 Å². The van der Waals surface area contributed by atoms with Gasteiger partial charge in [-0.25, -0.2) is 0 Å². The van der Waals surface area contributed by atoms with E-state index in [1.165, 1.54) is 22.3 Å². The summed E-state index contributed by atoms with van der Waals surface area (Å²) in [5.41, 5.74) is 6.22. The van der Waals surface area contributed by atoms with Crippen LogP contribution in [0.15, 0.2) is 54.6 Å². The third kappa shape index (κ3) is 4.41. The molecule has 1 aliphatic rings. The van der Waals surface area contributed by atoms with Crippen LogP contribution in [0.1, 0.15) is 37.0 Å². The maximum atomic E-state index is 12.5. The number of nitrogens with zero attached hydrogens (tertiary/aromatic N) is 1. The van der Waals surface area contributed by atoms with E-state index in [1.807, 2.05) is 18.2 Å². The van der Waals surface area contributed by atoms with Crippen LogP contribution in [0.3, 0.4) is 0 Å². The Bertz CT molecular complexity index is 780. The van der Waals surface area contributed by atoms with Crippen molar-refractivity contribution in [3.63, 3.8) is 0 Å². The standard InChI is InChI=1S/C23H28N2O/c1-3-18-11-8-12-22(21(18)4-2)24-23(26)17-25-15-13-20(14-16-25)19-9-6-5-7-10-19/h5-13H,3-4,14-17H2,1-2H3,(H,24,26). The summed E-state index contributed by atoms with van der Waals surface area (Å²) in [6, 6.07) is 16.7. The molecule has 2 aromatic carbocycles. The molecule has 0 aliphatic carbocycles. The summed E-state index contributed by atoms with van der Waals surface area (Å²) in [7, 11) is 0. The molecule has 0 spiro atoms. The topological polar surface area (TPSA) is 32.3 Å². The predicted octanol–water partition coefficient (Wildman–Crippen LogP) is 4.54. The van der Waals surface area contributed by atoms with Crippen molar-refractivity contribution in [2.24, 2.45) is 0 Å². The zero-order valence-corrected chi connectivity index (χ0v) is 15.8. The second-order valence-corrected chi connectivity index (χ2v) is 6.78. The maximum absolute atomic E-state index is 12.5. The summed E-state index contributed by atoms with van der Waals surface area (Å²) in [4.78, 5) is 14.7. The lowest BCUT2D eigenvalue weighted by atomic mass is 9.99. The molecule has 136 valence electrons. The summed E-state index contributed by atoms with van der Waals surface area (Å²) >= 11 is 0. The number of carbonyl (C=O) groups excluding carboxylic acids is 1. The fraction of sp³-hybridized carbons (Fsp3) is 0.348. The molecule has 0 fully saturated rings. The molecule has 1 aliphatic heterocycles. The number of rotatable bonds is 6. The van der Waals surface area contributed by atoms with Gasteiger partial charge < -0.3 is 5.32 Å². The minimum atomic E-state index is 0.0736. The van der Waals surface area contributed by atoms with Gasteiger partial charge in [0.1, 0.15) is 0 Å². The highest BCUT2D eigenvalue weighted by atomic mass is 16.2. The average molecular weight is 348 g/mol. The molecule has 0 aromatic heterocycles. The molecule has 1 N–H and O–H groups in total. The molecule has 0 saturated carbocycles. The van der Waals surface area contributed by atoms with Gasteiger partial charge in [-0.3, -0.25) is 9.69 Å². The summed E-state index contributed by atoms with van der Waals surface area (Å²) in [5.74, 6) is 0.0736. The van der Waals surface area contributed by atoms with Crippen LogP contribution in [-0.2, 0) is 17.6 Å². The fourth-order valence-electron chi connectivity index (χ4n) is 3.66. The molecular weight excluding hydrogens is 320 g/mol. The predicted molar refractivity (Wildman–Crippen MR) is 109 cm³/mol. The molecule has 3 heteroatoms. The molecule has 1 heterocycles. The van der Waals surface area contributed by atoms with Gasteiger partial charge in [0.05, 0.1) is 6.54 Å². The molecule has 2 aromatic rings. The number of amides is 1. The Morgan fingerprint density at radius 2 is 1.85 bits per heavy atom. The lowest BCUT2D eigenvalue weighted by molar-refractivity contribution is -0.117. The molecule has 0 radical (unpaired) electrons. The molecule has 0 saturated heterocycles. The summed E-state index contributed by atoms with van der Waals surface area (Å²) in [6.45, 7) is 6.49. The first-order chi connectivity index (χ1) is 12.7. The van der Waals surface area contributed by atoms with Crippen LogP contribution >= 0.6 is 0 Å². The van der Waals surface area contributed by atoms with Gasteiger partial charge in [-0.05, 0) is 47.6 Å². The van der Waals surface area contributed by atoms with Crippen molar-refractivity contribution in [3.8, 4) is 0 Å². The first-order valence-corrected chi connectivity index (χ1v) is 9.58. The molecule has 3 rings (SSSR count). The van der Waals surface area contributed by atoms with E-state index < -0.39 is 0 Å². The molecule has 1 amide bonds. The number of benzene rings is 2. The van der Waals surface area contributed by atoms with Gasteiger partial charge in [-0.1, -0.05) is 62.4 Å². The van der Waals surface area contributed by atoms with Gasteiger partial charge in [0.25, 0.3) is 0 Å². The largest absolute Gasteiger partial charge is 0.325 e. The zero-order chi connectivity index (χ0) is 18.4. The van der Waals surface area contributed by atoms with Crippen LogP contribution in [0, 0.1) is 0 Å². The van der Waals surface area contributed by atoms with E-state index in [9.17, 15) is 4.79 Å². The highest BCUT2D eigenvalue weighted by Crippen LogP contribution is 2.23. The number of hydrogen-bond donors (Lipinski definition) is 1. The number of aryl methyl sites for hydroxylation is 1. The Kier molecular flexibility index (Phi) is 6.24. The number of hydrogen-bond acceptors (Lipinski definition) is 2. The van der Waals surface area contributed by atoms with E-state index in [0.717, 1.165) is 38.0 Å². The van der Waals surface area contributed by atoms with Crippen molar-refractivity contribution in [1.29, 1.82) is 0 Å². The summed E-state index contributed by atoms with van der Waals surface area (Å²) < 4.78 is 0. The van der Waals surface area contributed by atoms with Crippen LogP contribution in [-0.4, -0.2) is 30.4 Å². The van der Waals surface area contributed by atoms with Crippen LogP contribution in [0.2, 0.25) is 0 Å². The molecule has 0 bridgehead atoms. The van der Waals surface area contributed by atoms with Crippen molar-refractivity contribution in [2.45, 2.75) is 33.1 Å². The number of carbonyl (C=O) groups is 1. The van der Waals surface area contributed by atoms with Crippen molar-refractivity contribution >= 4 is 17.2 Å². The third-order valence-corrected chi connectivity index (χ3v) is 5.09. The Balaban J connectivity index is 1.59. The Morgan fingerprint density at radius 3 is 2.50 bits per heavy atom. The number of anilines is 1. The first-order valence-electron chi connectivity index (χ1n) is 9.58. The highest BCUT2D eigenvalue weighted by Gasteiger charge is 2.16. The van der Waals surface area contributed by atoms with Crippen molar-refractivity contribution in [2.75, 3.05) is 25.0 Å². The number of nitrogens with one attached hydrogen (secondary N) is 1. The van der Waals surface area contributed by atoms with E-state index >= 15 is 0 Å². The van der Waals surface area contributed by atoms with Gasteiger partial charge >= 0.3 is 0 Å². The second-order valence-electron chi connectivity index (χ2n) is 6.78. The monoisotopic (exact) mass is 348 g/mol. The van der Waals surface area contributed by atoms with Gasteiger partial charge in [0.15, 0.2) is 0 Å². The minimum Gasteiger partial charge on any atom is -0.325 e. The smallest absolute Gasteiger partial charge is 0.238 e. The van der Waals surface area contributed by atoms with Crippen molar-refractivity contribution in [1.82, 2.24) is 4.90 Å². The summed E-state index contributed by atoms with van der Waals surface area (Å²) in [5, 5.41) is 3.13. The van der Waals surface area contributed by atoms with E-state index in [2.05, 4.69) is 60.5 Å². The maximum Gasteiger partial charge on any atom is 0.238 e. The normalized spacial score (nSPS) is 14.8. The van der Waals surface area contributed by atoms with E-state index in [1.54, 1.807) is 0 Å². The van der Waals surface area contributed by atoms with Crippen molar-refractivity contribution in [3.05, 3.63) is 71.3 Å². The minimum absolute atomic E-state index is 0.0736. The lowest BCUT2D eigenvalue weighted by Gasteiger charge is -2.26. The molecule has 0 unspecified atom stereocenters. The molecule has 0 atom stereocenters. The molecule has 26 heavy (non-hydrogen) atoms. The third-order valence-electron chi connectivity index (χ3n) is 5.09. The quantitative estimate of drug-likeness (QED) is 0.831. The molecular formula is C23H28N2O. The lowest BCUT2D eigenvalue weighted by Crippen LogP contribution is -2.36. The van der Waals surface area contributed by atoms with E-state index in [-0.39, 0.29) is 5.91 Å². The fourth-order valence-corrected chi connectivity index (χ4v) is 3.66. The van der Waals surface area contributed by atoms with Gasteiger partial charge in [-0.15, -0.1) is 0 Å². The summed E-state index contributed by atoms with van der Waals surface area (Å²) in [6.07, 6.45) is 5.17. The Morgan fingerprint density at radius 1 is 1.04 bits per heavy atom. The van der Waals surface area contributed by atoms with Gasteiger partial charge in [-0.2, -0.15) is 0 Å². The van der Waals surface area contributed by atoms with Crippen LogP contribution in [0.4, 0.5) is 5.69 Å². The highest BCUT2D eigenvalue weighted by molar-refractivity contribution is 5.93. The second kappa shape index (κ2) is 8.81. The first kappa shape index (κ1) is 18.4.